The lowest BCUT2D eigenvalue weighted by Gasteiger charge is -2.50. The number of carbonyl (C=O) groups excluding carboxylic acids is 2. The number of halogens is 1. The molecule has 3 aliphatic rings. The third-order valence-corrected chi connectivity index (χ3v) is 10.7. The third kappa shape index (κ3) is 5.35. The normalized spacial score (nSPS) is 22.7. The highest BCUT2D eigenvalue weighted by Crippen LogP contribution is 2.57. The number of ketones is 2. The number of carbonyl (C=O) groups is 2. The summed E-state index contributed by atoms with van der Waals surface area (Å²) in [5.74, 6) is -2.66. The molecule has 0 fully saturated rings. The molecule has 0 saturated heterocycles. The molecule has 4 atom stereocenters. The number of Topliss-reactive ketones (excluding diaryl/α,β-unsaturated/α-hetero) is 2. The van der Waals surface area contributed by atoms with E-state index < -0.39 is 40.8 Å². The van der Waals surface area contributed by atoms with Gasteiger partial charge in [-0.05, 0) is 76.2 Å². The van der Waals surface area contributed by atoms with Crippen LogP contribution in [-0.4, -0.2) is 65.1 Å². The van der Waals surface area contributed by atoms with Crippen LogP contribution in [0.3, 0.4) is 0 Å². The van der Waals surface area contributed by atoms with Crippen LogP contribution in [-0.2, 0) is 19.6 Å². The molecule has 3 aromatic carbocycles. The van der Waals surface area contributed by atoms with Crippen LogP contribution in [0.25, 0.3) is 0 Å². The number of hydrogen-bond donors (Lipinski definition) is 2. The van der Waals surface area contributed by atoms with Crippen molar-refractivity contribution in [2.75, 3.05) is 32.6 Å². The largest absolute Gasteiger partial charge is 0.508 e. The third-order valence-electron chi connectivity index (χ3n) is 10.1. The van der Waals surface area contributed by atoms with Crippen molar-refractivity contribution in [2.24, 2.45) is 11.8 Å². The second-order valence-corrected chi connectivity index (χ2v) is 14.0. The van der Waals surface area contributed by atoms with Gasteiger partial charge in [-0.3, -0.25) is 14.5 Å². The number of nitrogens with zero attached hydrogens (tertiary/aromatic N) is 3. The van der Waals surface area contributed by atoms with Crippen LogP contribution in [0.5, 0.6) is 11.6 Å². The smallest absolute Gasteiger partial charge is 0.265 e. The minimum Gasteiger partial charge on any atom is -0.508 e. The van der Waals surface area contributed by atoms with Crippen LogP contribution >= 0.6 is 15.9 Å². The molecule has 4 aromatic rings. The molecule has 0 saturated carbocycles. The number of allylic oxidation sites excluding steroid dienone is 1. The van der Waals surface area contributed by atoms with E-state index in [1.807, 2.05) is 98.5 Å². The molecule has 0 amide bonds. The van der Waals surface area contributed by atoms with Gasteiger partial charge in [-0.25, -0.2) is 0 Å². The van der Waals surface area contributed by atoms with Gasteiger partial charge >= 0.3 is 0 Å². The summed E-state index contributed by atoms with van der Waals surface area (Å²) in [5, 5.41) is 28.8. The maximum Gasteiger partial charge on any atom is 0.265 e. The Hall–Kier alpha value is -4.45. The summed E-state index contributed by atoms with van der Waals surface area (Å²) in [6.45, 7) is 2.85. The van der Waals surface area contributed by atoms with E-state index in [1.165, 1.54) is 0 Å². The molecule has 7 rings (SSSR count). The van der Waals surface area contributed by atoms with Gasteiger partial charge in [0.2, 0.25) is 5.78 Å². The average Bonchev–Trinajstić information content (AvgIpc) is 3.51. The van der Waals surface area contributed by atoms with Crippen LogP contribution in [0.4, 0.5) is 5.69 Å². The highest BCUT2D eigenvalue weighted by Gasteiger charge is 2.64. The molecule has 11 heteroatoms. The minimum atomic E-state index is -2.42. The number of hydrogen-bond acceptors (Lipinski definition) is 10. The van der Waals surface area contributed by atoms with Crippen LogP contribution in [0.1, 0.15) is 62.6 Å². The average molecular weight is 729 g/mol. The van der Waals surface area contributed by atoms with Crippen LogP contribution in [0.15, 0.2) is 87.1 Å². The number of rotatable bonds is 9. The number of anilines is 1. The predicted octanol–water partition coefficient (Wildman–Crippen LogP) is 6.47. The van der Waals surface area contributed by atoms with E-state index >= 15 is 0 Å². The van der Waals surface area contributed by atoms with Gasteiger partial charge < -0.3 is 29.1 Å². The van der Waals surface area contributed by atoms with E-state index in [4.69, 9.17) is 14.0 Å². The Morgan fingerprint density at radius 3 is 2.22 bits per heavy atom. The molecule has 49 heavy (non-hydrogen) atoms. The van der Waals surface area contributed by atoms with Gasteiger partial charge in [0.05, 0.1) is 17.3 Å². The summed E-state index contributed by atoms with van der Waals surface area (Å²) in [5.41, 5.74) is 1.28. The van der Waals surface area contributed by atoms with Crippen LogP contribution < -0.4 is 14.4 Å². The first-order valence-corrected chi connectivity index (χ1v) is 17.2. The van der Waals surface area contributed by atoms with Gasteiger partial charge in [0.15, 0.2) is 17.1 Å². The first-order valence-electron chi connectivity index (χ1n) is 16.4. The summed E-state index contributed by atoms with van der Waals surface area (Å²) in [6, 6.07) is 20.2. The number of aliphatic hydroxyl groups excluding tert-OH is 1. The molecule has 0 spiro atoms. The van der Waals surface area contributed by atoms with Gasteiger partial charge in [0.1, 0.15) is 30.3 Å². The number of ether oxygens (including phenoxy) is 2. The Morgan fingerprint density at radius 2 is 1.61 bits per heavy atom. The van der Waals surface area contributed by atoms with Crippen molar-refractivity contribution in [3.8, 4) is 11.6 Å². The lowest BCUT2D eigenvalue weighted by atomic mass is 9.58. The summed E-state index contributed by atoms with van der Waals surface area (Å²) in [6.07, 6.45) is 0.620. The van der Waals surface area contributed by atoms with E-state index in [0.717, 1.165) is 26.9 Å². The molecule has 2 N–H and O–H groups in total. The zero-order valence-corrected chi connectivity index (χ0v) is 29.4. The Labute approximate surface area is 293 Å². The maximum atomic E-state index is 14.7. The molecule has 0 radical (unpaired) electrons. The minimum absolute atomic E-state index is 0.0278. The van der Waals surface area contributed by atoms with Crippen molar-refractivity contribution >= 4 is 33.2 Å². The molecular formula is C38H38BrN3O7. The van der Waals surface area contributed by atoms with Gasteiger partial charge in [0.25, 0.3) is 5.88 Å². The second kappa shape index (κ2) is 12.8. The summed E-state index contributed by atoms with van der Waals surface area (Å²) < 4.78 is 18.8. The van der Waals surface area contributed by atoms with Crippen molar-refractivity contribution < 1.29 is 33.8 Å². The molecule has 10 nitrogen and oxygen atoms in total. The lowest BCUT2D eigenvalue weighted by molar-refractivity contribution is -0.0588. The molecule has 1 aromatic heterocycles. The highest BCUT2D eigenvalue weighted by atomic mass is 79.9. The Balaban J connectivity index is 1.34. The van der Waals surface area contributed by atoms with Crippen molar-refractivity contribution in [1.29, 1.82) is 0 Å². The van der Waals surface area contributed by atoms with Gasteiger partial charge in [-0.1, -0.05) is 67.6 Å². The molecular weight excluding hydrogens is 690 g/mol. The number of benzene rings is 3. The maximum absolute atomic E-state index is 14.7. The van der Waals surface area contributed by atoms with Crippen molar-refractivity contribution in [3.05, 3.63) is 116 Å². The quantitative estimate of drug-likeness (QED) is 0.198. The van der Waals surface area contributed by atoms with Crippen molar-refractivity contribution in [3.63, 3.8) is 0 Å². The zero-order valence-electron chi connectivity index (χ0n) is 27.8. The standard InChI is InChI=1S/C38H38BrN3O7/c1-5-42(4)32-25-17-23-16-24-29(27(18-26(39)31(24)41(2)3)47-19-21-12-8-6-9-13-21)33(43)28(23)35(44)38(25,46)36(45)30-34(32)49-40-37(30)48-20-22-14-10-7-11-15-22/h6-15,18,23,25,32,44,46H,5,16-17,19-20H2,1-4H3/t23?,25-,32?,38-/m0/s1. The summed E-state index contributed by atoms with van der Waals surface area (Å²) in [4.78, 5) is 33.1. The molecule has 3 aliphatic carbocycles. The van der Waals surface area contributed by atoms with E-state index in [9.17, 15) is 19.8 Å². The molecule has 1 heterocycles. The Bertz CT molecular complexity index is 1960. The van der Waals surface area contributed by atoms with E-state index in [0.29, 0.717) is 24.3 Å². The predicted molar refractivity (Wildman–Crippen MR) is 186 cm³/mol. The van der Waals surface area contributed by atoms with Crippen molar-refractivity contribution in [1.82, 2.24) is 10.1 Å². The lowest BCUT2D eigenvalue weighted by Crippen LogP contribution is -2.59. The molecule has 254 valence electrons. The van der Waals surface area contributed by atoms with Crippen molar-refractivity contribution in [2.45, 2.75) is 44.6 Å². The molecule has 0 aliphatic heterocycles. The number of aliphatic hydroxyl groups is 2. The zero-order chi connectivity index (χ0) is 34.6. The van der Waals surface area contributed by atoms with Gasteiger partial charge in [-0.15, -0.1) is 0 Å². The van der Waals surface area contributed by atoms with Gasteiger partial charge in [-0.2, -0.15) is 0 Å². The fraction of sp³-hybridized carbons (Fsp3) is 0.342. The Kier molecular flexibility index (Phi) is 8.62. The van der Waals surface area contributed by atoms with Crippen LogP contribution in [0.2, 0.25) is 0 Å². The summed E-state index contributed by atoms with van der Waals surface area (Å²) >= 11 is 3.71. The SMILES string of the molecule is CCN(C)C1c2onc(OCc3ccccc3)c2C(=O)[C@@]2(O)C(O)=C3C(=O)c4c(OCc5ccccc5)cc(Br)c(N(C)C)c4CC3C[C@@H]12. The Morgan fingerprint density at radius 1 is 0.980 bits per heavy atom. The molecule has 2 unspecified atom stereocenters. The second-order valence-electron chi connectivity index (χ2n) is 13.2. The highest BCUT2D eigenvalue weighted by molar-refractivity contribution is 9.10. The fourth-order valence-electron chi connectivity index (χ4n) is 7.71. The first kappa shape index (κ1) is 33.1. The topological polar surface area (TPSA) is 126 Å². The monoisotopic (exact) mass is 727 g/mol. The number of fused-ring (bicyclic) bond motifs is 4. The summed E-state index contributed by atoms with van der Waals surface area (Å²) in [7, 11) is 5.69. The van der Waals surface area contributed by atoms with Gasteiger partial charge in [0, 0.05) is 30.1 Å². The van der Waals surface area contributed by atoms with E-state index in [2.05, 4.69) is 21.1 Å². The fourth-order valence-corrected chi connectivity index (χ4v) is 8.51. The van der Waals surface area contributed by atoms with E-state index in [-0.39, 0.29) is 42.4 Å². The van der Waals surface area contributed by atoms with E-state index in [1.54, 1.807) is 6.07 Å². The number of aromatic nitrogens is 1. The molecule has 0 bridgehead atoms. The van der Waals surface area contributed by atoms with Crippen LogP contribution in [0, 0.1) is 11.8 Å². The first-order chi connectivity index (χ1) is 23.6.